The van der Waals surface area contributed by atoms with Crippen molar-refractivity contribution in [2.75, 3.05) is 0 Å². The molecule has 0 saturated carbocycles. The first-order chi connectivity index (χ1) is 22.4. The van der Waals surface area contributed by atoms with Gasteiger partial charge in [-0.05, 0) is 40.0 Å². The molecule has 47 heavy (non-hydrogen) atoms. The van der Waals surface area contributed by atoms with Crippen molar-refractivity contribution in [3.63, 3.8) is 0 Å². The number of furan rings is 1. The van der Waals surface area contributed by atoms with Crippen LogP contribution in [0.25, 0.3) is 38.7 Å². The van der Waals surface area contributed by atoms with Gasteiger partial charge in [-0.3, -0.25) is 4.98 Å². The molecule has 5 aromatic carbocycles. The molecule has 3 heterocycles. The van der Waals surface area contributed by atoms with Gasteiger partial charge in [-0.1, -0.05) is 111 Å². The minimum Gasteiger partial charge on any atom is -0.510 e. The van der Waals surface area contributed by atoms with E-state index in [1.165, 1.54) is 5.56 Å². The molecule has 0 aliphatic heterocycles. The number of benzene rings is 5. The Kier molecular flexibility index (Phi) is 8.07. The van der Waals surface area contributed by atoms with Crippen LogP contribution in [0.15, 0.2) is 132 Å². The van der Waals surface area contributed by atoms with Gasteiger partial charge in [0.15, 0.2) is 0 Å². The number of rotatable bonds is 6. The van der Waals surface area contributed by atoms with Gasteiger partial charge in [-0.25, -0.2) is 0 Å². The van der Waals surface area contributed by atoms with Crippen LogP contribution in [0.3, 0.4) is 0 Å². The van der Waals surface area contributed by atoms with Crippen molar-refractivity contribution in [3.05, 3.63) is 152 Å². The van der Waals surface area contributed by atoms with E-state index in [1.54, 1.807) is 0 Å². The molecule has 0 spiro atoms. The molecule has 8 aromatic rings. The molecule has 0 bridgehead atoms. The number of aromatic nitrogens is 3. The Bertz CT molecular complexity index is 2360. The average molecular weight is 791 g/mol. The van der Waals surface area contributed by atoms with Gasteiger partial charge in [0.1, 0.15) is 5.58 Å². The van der Waals surface area contributed by atoms with Gasteiger partial charge in [0.25, 0.3) is 0 Å². The maximum Gasteiger partial charge on any atom is 0.447 e. The molecule has 7 heteroatoms. The molecule has 0 atom stereocenters. The Labute approximate surface area is 288 Å². The van der Waals surface area contributed by atoms with E-state index in [1.807, 2.05) is 71.4 Å². The molecule has 8 rings (SSSR count). The van der Waals surface area contributed by atoms with Crippen LogP contribution in [0.1, 0.15) is 26.3 Å². The fraction of sp³-hybridized carbons (Fsp3) is 0.100. The van der Waals surface area contributed by atoms with Crippen LogP contribution >= 0.6 is 0 Å². The molecule has 3 aromatic heterocycles. The van der Waals surface area contributed by atoms with Crippen molar-refractivity contribution in [1.29, 1.82) is 0 Å². The van der Waals surface area contributed by atoms with E-state index in [4.69, 9.17) is 14.1 Å². The second-order valence-electron chi connectivity index (χ2n) is 12.5. The molecule has 0 fully saturated rings. The zero-order chi connectivity index (χ0) is 31.3. The van der Waals surface area contributed by atoms with E-state index >= 15 is 0 Å². The van der Waals surface area contributed by atoms with Crippen LogP contribution in [-0.4, -0.2) is 16.4 Å². The number of para-hydroxylation sites is 3. The van der Waals surface area contributed by atoms with Gasteiger partial charge < -0.3 is 18.2 Å². The van der Waals surface area contributed by atoms with Crippen molar-refractivity contribution in [2.24, 2.45) is 0 Å². The van der Waals surface area contributed by atoms with Gasteiger partial charge in [0.2, 0.25) is 6.33 Å². The van der Waals surface area contributed by atoms with Gasteiger partial charge in [-0.2, -0.15) is 18.2 Å². The number of nitrogens with zero attached hydrogens (tertiary/aromatic N) is 3. The molecule has 0 amide bonds. The fourth-order valence-electron chi connectivity index (χ4n) is 6.05. The van der Waals surface area contributed by atoms with E-state index in [2.05, 4.69) is 104 Å². The van der Waals surface area contributed by atoms with Crippen molar-refractivity contribution in [1.82, 2.24) is 9.55 Å². The molecule has 0 radical (unpaired) electrons. The Morgan fingerprint density at radius 3 is 2.43 bits per heavy atom. The summed E-state index contributed by atoms with van der Waals surface area (Å²) in [6, 6.07) is 47.6. The number of hydrogen-bond donors (Lipinski definition) is 0. The molecule has 5 nitrogen and oxygen atoms in total. The van der Waals surface area contributed by atoms with Crippen LogP contribution in [0.5, 0.6) is 11.5 Å². The average Bonchev–Trinajstić information content (AvgIpc) is 3.64. The third kappa shape index (κ3) is 5.79. The molecular weight excluding hydrogens is 760 g/mol. The fourth-order valence-corrected chi connectivity index (χ4v) is 6.05. The van der Waals surface area contributed by atoms with Crippen LogP contribution in [0, 0.1) is 18.5 Å². The van der Waals surface area contributed by atoms with Crippen molar-refractivity contribution < 1.29 is 34.7 Å². The first-order valence-electron chi connectivity index (χ1n) is 15.4. The predicted molar refractivity (Wildman–Crippen MR) is 184 cm³/mol. The normalized spacial score (nSPS) is 11.6. The molecular formula is C40H30BN3O2Pt-2. The zero-order valence-electron chi connectivity index (χ0n) is 26.2. The van der Waals surface area contributed by atoms with Crippen LogP contribution < -0.4 is 20.3 Å². The first kappa shape index (κ1) is 30.7. The quantitative estimate of drug-likeness (QED) is 0.131. The van der Waals surface area contributed by atoms with Gasteiger partial charge >= 0.3 is 6.85 Å². The number of fused-ring (bicyclic) bond motifs is 4. The minimum absolute atomic E-state index is 0. The summed E-state index contributed by atoms with van der Waals surface area (Å²) in [7, 11) is 0. The Hall–Kier alpha value is -4.93. The largest absolute Gasteiger partial charge is 0.510 e. The molecule has 0 aliphatic carbocycles. The zero-order valence-corrected chi connectivity index (χ0v) is 28.4. The maximum absolute atomic E-state index is 6.28. The summed E-state index contributed by atoms with van der Waals surface area (Å²) < 4.78 is 16.6. The van der Waals surface area contributed by atoms with Crippen LogP contribution in [0.2, 0.25) is 0 Å². The van der Waals surface area contributed by atoms with Crippen molar-refractivity contribution in [2.45, 2.75) is 26.2 Å². The Balaban J connectivity index is 0.00000351. The molecule has 0 N–H and O–H groups in total. The Morgan fingerprint density at radius 2 is 1.57 bits per heavy atom. The van der Waals surface area contributed by atoms with Crippen LogP contribution in [-0.2, 0) is 26.5 Å². The predicted octanol–water partition coefficient (Wildman–Crippen LogP) is 7.35. The maximum atomic E-state index is 6.28. The number of ether oxygens (including phenoxy) is 1. The molecule has 0 aliphatic rings. The summed E-state index contributed by atoms with van der Waals surface area (Å²) >= 11 is 0. The van der Waals surface area contributed by atoms with E-state index in [0.29, 0.717) is 11.5 Å². The van der Waals surface area contributed by atoms with Crippen molar-refractivity contribution >= 4 is 50.9 Å². The van der Waals surface area contributed by atoms with E-state index in [-0.39, 0.29) is 33.3 Å². The summed E-state index contributed by atoms with van der Waals surface area (Å²) in [5.74, 6) is 1.13. The summed E-state index contributed by atoms with van der Waals surface area (Å²) in [5.41, 5.74) is 7.74. The van der Waals surface area contributed by atoms with E-state index < -0.39 is 0 Å². The summed E-state index contributed by atoms with van der Waals surface area (Å²) in [4.78, 5) is 4.90. The molecule has 0 unspecified atom stereocenters. The Morgan fingerprint density at radius 1 is 0.787 bits per heavy atom. The topological polar surface area (TPSA) is 44.1 Å². The number of imidazole rings is 1. The van der Waals surface area contributed by atoms with Gasteiger partial charge in [0.05, 0.1) is 11.1 Å². The summed E-state index contributed by atoms with van der Waals surface area (Å²) in [6.07, 6.45) is 5.59. The van der Waals surface area contributed by atoms with E-state index in [9.17, 15) is 0 Å². The van der Waals surface area contributed by atoms with Gasteiger partial charge in [0, 0.05) is 49.9 Å². The SMILES string of the molecule is CC(C)(C)c1ccnc(B(c2ccccc2)[n+]2[c-]n(-c3[c-]c(Oc4[c-]cc5c(c4)oc4ccccc45)ccc3)c3ccccc32)c1.[Pt]. The van der Waals surface area contributed by atoms with Crippen molar-refractivity contribution in [3.8, 4) is 17.2 Å². The van der Waals surface area contributed by atoms with Crippen LogP contribution in [0.4, 0.5) is 0 Å². The summed E-state index contributed by atoms with van der Waals surface area (Å²) in [6.45, 7) is 6.49. The minimum atomic E-state index is -0.195. The molecule has 0 saturated heterocycles. The standard InChI is InChI=1S/C40H30BN3O2.Pt/c1-40(2,3)28-22-23-42-39(24-28)41(29-12-5-4-6-13-29)44-27-43(35-17-8-9-18-36(35)44)30-14-11-15-31(25-30)45-32-20-21-34-33-16-7-10-19-37(33)46-38(34)26-32;/h4-19,21-24,26H,1-3H3;/q-2;. The summed E-state index contributed by atoms with van der Waals surface area (Å²) in [5, 5.41) is 2.07. The van der Waals surface area contributed by atoms with E-state index in [0.717, 1.165) is 49.7 Å². The smallest absolute Gasteiger partial charge is 0.447 e. The number of hydrogen-bond acceptors (Lipinski definition) is 3. The third-order valence-corrected chi connectivity index (χ3v) is 8.39. The second kappa shape index (κ2) is 12.4. The van der Waals surface area contributed by atoms with Gasteiger partial charge in [-0.15, -0.1) is 18.2 Å². The number of pyridine rings is 1. The monoisotopic (exact) mass is 790 g/mol. The molecule has 232 valence electrons. The second-order valence-corrected chi connectivity index (χ2v) is 12.5. The third-order valence-electron chi connectivity index (χ3n) is 8.39. The first-order valence-corrected chi connectivity index (χ1v) is 15.4.